The first kappa shape index (κ1) is 16.2. The van der Waals surface area contributed by atoms with Crippen LogP contribution < -0.4 is 10.6 Å². The average Bonchev–Trinajstić information content (AvgIpc) is 2.61. The first-order valence-corrected chi connectivity index (χ1v) is 8.21. The Morgan fingerprint density at radius 1 is 1.25 bits per heavy atom. The Balaban J connectivity index is 1.83. The highest BCUT2D eigenvalue weighted by molar-refractivity contribution is 5.89. The summed E-state index contributed by atoms with van der Waals surface area (Å²) in [4.78, 5) is 28.5. The molecule has 1 fully saturated rings. The Kier molecular flexibility index (Phi) is 4.89. The molecule has 1 aromatic carbocycles. The van der Waals surface area contributed by atoms with Crippen LogP contribution in [0.1, 0.15) is 42.1 Å². The van der Waals surface area contributed by atoms with Crippen LogP contribution in [0.3, 0.4) is 0 Å². The van der Waals surface area contributed by atoms with Gasteiger partial charge in [0.1, 0.15) is 6.04 Å². The van der Waals surface area contributed by atoms with Gasteiger partial charge in [-0.1, -0.05) is 35.9 Å². The molecule has 24 heavy (non-hydrogen) atoms. The van der Waals surface area contributed by atoms with E-state index in [4.69, 9.17) is 0 Å². The molecule has 1 aliphatic heterocycles. The number of piperidine rings is 1. The van der Waals surface area contributed by atoms with E-state index in [1.807, 2.05) is 49.4 Å². The molecule has 1 aromatic heterocycles. The second-order valence-corrected chi connectivity index (χ2v) is 6.12. The van der Waals surface area contributed by atoms with E-state index in [1.165, 1.54) is 0 Å². The Labute approximate surface area is 141 Å². The minimum Gasteiger partial charge on any atom is -0.344 e. The summed E-state index contributed by atoms with van der Waals surface area (Å²) in [6.07, 6.45) is 3.61. The molecule has 0 bridgehead atoms. The Morgan fingerprint density at radius 3 is 2.71 bits per heavy atom. The van der Waals surface area contributed by atoms with Crippen molar-refractivity contribution in [2.75, 3.05) is 0 Å². The van der Waals surface area contributed by atoms with Gasteiger partial charge in [-0.3, -0.25) is 14.6 Å². The number of nitrogens with zero attached hydrogens (tertiary/aromatic N) is 1. The summed E-state index contributed by atoms with van der Waals surface area (Å²) in [6, 6.07) is 12.9. The fourth-order valence-electron chi connectivity index (χ4n) is 2.88. The van der Waals surface area contributed by atoms with E-state index < -0.39 is 6.04 Å². The zero-order valence-corrected chi connectivity index (χ0v) is 13.7. The summed E-state index contributed by atoms with van der Waals surface area (Å²) in [5, 5.41) is 5.81. The van der Waals surface area contributed by atoms with Gasteiger partial charge in [0.15, 0.2) is 0 Å². The van der Waals surface area contributed by atoms with Crippen LogP contribution in [-0.2, 0) is 9.59 Å². The summed E-state index contributed by atoms with van der Waals surface area (Å²) in [5.74, 6) is -0.231. The number of carbonyl (C=O) groups excluding carboxylic acids is 2. The zero-order chi connectivity index (χ0) is 16.9. The second kappa shape index (κ2) is 7.25. The molecule has 1 aliphatic rings. The third-order valence-corrected chi connectivity index (χ3v) is 4.23. The van der Waals surface area contributed by atoms with Crippen molar-refractivity contribution in [3.8, 4) is 0 Å². The van der Waals surface area contributed by atoms with E-state index >= 15 is 0 Å². The maximum Gasteiger partial charge on any atom is 0.243 e. The highest BCUT2D eigenvalue weighted by Gasteiger charge is 2.27. The molecule has 2 heterocycles. The van der Waals surface area contributed by atoms with Gasteiger partial charge in [-0.25, -0.2) is 0 Å². The van der Waals surface area contributed by atoms with Crippen molar-refractivity contribution in [1.82, 2.24) is 15.6 Å². The van der Waals surface area contributed by atoms with Crippen LogP contribution >= 0.6 is 0 Å². The number of benzene rings is 1. The molecular formula is C19H21N3O2. The first-order chi connectivity index (χ1) is 11.6. The molecule has 0 aliphatic carbocycles. The van der Waals surface area contributed by atoms with Crippen molar-refractivity contribution in [2.24, 2.45) is 0 Å². The van der Waals surface area contributed by atoms with E-state index in [0.717, 1.165) is 23.2 Å². The molecule has 1 saturated heterocycles. The quantitative estimate of drug-likeness (QED) is 0.907. The molecule has 2 N–H and O–H groups in total. The molecule has 3 rings (SSSR count). The van der Waals surface area contributed by atoms with Gasteiger partial charge in [-0.05, 0) is 37.5 Å². The largest absolute Gasteiger partial charge is 0.344 e. The number of hydrogen-bond donors (Lipinski definition) is 2. The van der Waals surface area contributed by atoms with Gasteiger partial charge in [0.05, 0.1) is 11.7 Å². The lowest BCUT2D eigenvalue weighted by Crippen LogP contribution is -2.50. The highest BCUT2D eigenvalue weighted by atomic mass is 16.2. The predicted molar refractivity (Wildman–Crippen MR) is 91.2 cm³/mol. The average molecular weight is 323 g/mol. The van der Waals surface area contributed by atoms with Crippen LogP contribution in [-0.4, -0.2) is 22.8 Å². The Bertz CT molecular complexity index is 713. The van der Waals surface area contributed by atoms with Gasteiger partial charge in [-0.2, -0.15) is 0 Å². The van der Waals surface area contributed by atoms with Crippen LogP contribution in [0.2, 0.25) is 0 Å². The molecular weight excluding hydrogens is 302 g/mol. The first-order valence-electron chi connectivity index (χ1n) is 8.21. The topological polar surface area (TPSA) is 71.1 Å². The lowest BCUT2D eigenvalue weighted by atomic mass is 9.99. The SMILES string of the molecule is Cc1ccc([C@H](NC(=O)[C@@H]2CCCC(=O)N2)c2ccccn2)cc1. The molecule has 0 saturated carbocycles. The maximum absolute atomic E-state index is 12.6. The van der Waals surface area contributed by atoms with Gasteiger partial charge in [0.2, 0.25) is 11.8 Å². The number of aryl methyl sites for hydroxylation is 1. The number of amides is 2. The third kappa shape index (κ3) is 3.79. The molecule has 0 spiro atoms. The number of nitrogens with one attached hydrogen (secondary N) is 2. The number of aromatic nitrogens is 1. The summed E-state index contributed by atoms with van der Waals surface area (Å²) in [5.41, 5.74) is 2.90. The van der Waals surface area contributed by atoms with Gasteiger partial charge in [-0.15, -0.1) is 0 Å². The van der Waals surface area contributed by atoms with E-state index in [9.17, 15) is 9.59 Å². The van der Waals surface area contributed by atoms with Crippen molar-refractivity contribution in [3.63, 3.8) is 0 Å². The van der Waals surface area contributed by atoms with Crippen molar-refractivity contribution in [2.45, 2.75) is 38.3 Å². The van der Waals surface area contributed by atoms with Crippen LogP contribution in [0.5, 0.6) is 0 Å². The van der Waals surface area contributed by atoms with E-state index in [2.05, 4.69) is 15.6 Å². The Morgan fingerprint density at radius 2 is 2.04 bits per heavy atom. The molecule has 0 unspecified atom stereocenters. The third-order valence-electron chi connectivity index (χ3n) is 4.23. The second-order valence-electron chi connectivity index (χ2n) is 6.12. The zero-order valence-electron chi connectivity index (χ0n) is 13.7. The minimum absolute atomic E-state index is 0.0638. The molecule has 0 radical (unpaired) electrons. The smallest absolute Gasteiger partial charge is 0.243 e. The lowest BCUT2D eigenvalue weighted by molar-refractivity contribution is -0.131. The number of pyridine rings is 1. The van der Waals surface area contributed by atoms with Crippen LogP contribution in [0.4, 0.5) is 0 Å². The summed E-state index contributed by atoms with van der Waals surface area (Å²) >= 11 is 0. The molecule has 5 heteroatoms. The van der Waals surface area contributed by atoms with Crippen molar-refractivity contribution < 1.29 is 9.59 Å². The number of hydrogen-bond acceptors (Lipinski definition) is 3. The van der Waals surface area contributed by atoms with Crippen LogP contribution in [0, 0.1) is 6.92 Å². The van der Waals surface area contributed by atoms with E-state index in [-0.39, 0.29) is 17.9 Å². The van der Waals surface area contributed by atoms with Crippen molar-refractivity contribution in [1.29, 1.82) is 0 Å². The summed E-state index contributed by atoms with van der Waals surface area (Å²) in [7, 11) is 0. The molecule has 2 amide bonds. The molecule has 5 nitrogen and oxygen atoms in total. The van der Waals surface area contributed by atoms with Crippen molar-refractivity contribution in [3.05, 3.63) is 65.5 Å². The minimum atomic E-state index is -0.470. The lowest BCUT2D eigenvalue weighted by Gasteiger charge is -2.26. The van der Waals surface area contributed by atoms with Gasteiger partial charge in [0.25, 0.3) is 0 Å². The molecule has 124 valence electrons. The normalized spacial score (nSPS) is 18.5. The standard InChI is InChI=1S/C19H21N3O2/c1-13-8-10-14(11-9-13)18(15-5-2-3-12-20-15)22-19(24)16-6-4-7-17(23)21-16/h2-3,5,8-12,16,18H,4,6-7H2,1H3,(H,21,23)(H,22,24)/t16-,18-/m0/s1. The predicted octanol–water partition coefficient (Wildman–Crippen LogP) is 2.26. The number of rotatable bonds is 4. The Hall–Kier alpha value is -2.69. The number of carbonyl (C=O) groups is 2. The highest BCUT2D eigenvalue weighted by Crippen LogP contribution is 2.21. The van der Waals surface area contributed by atoms with Crippen molar-refractivity contribution >= 4 is 11.8 Å². The van der Waals surface area contributed by atoms with Gasteiger partial charge in [0, 0.05) is 12.6 Å². The fraction of sp³-hybridized carbons (Fsp3) is 0.316. The van der Waals surface area contributed by atoms with Gasteiger partial charge < -0.3 is 10.6 Å². The van der Waals surface area contributed by atoms with E-state index in [1.54, 1.807) is 6.20 Å². The van der Waals surface area contributed by atoms with Gasteiger partial charge >= 0.3 is 0 Å². The maximum atomic E-state index is 12.6. The summed E-state index contributed by atoms with van der Waals surface area (Å²) in [6.45, 7) is 2.02. The van der Waals surface area contributed by atoms with E-state index in [0.29, 0.717) is 12.8 Å². The summed E-state index contributed by atoms with van der Waals surface area (Å²) < 4.78 is 0. The molecule has 2 aromatic rings. The fourth-order valence-corrected chi connectivity index (χ4v) is 2.88. The monoisotopic (exact) mass is 323 g/mol. The molecule has 2 atom stereocenters. The van der Waals surface area contributed by atoms with Crippen LogP contribution in [0.25, 0.3) is 0 Å². The van der Waals surface area contributed by atoms with Crippen LogP contribution in [0.15, 0.2) is 48.7 Å².